The van der Waals surface area contributed by atoms with E-state index < -0.39 is 5.97 Å². The highest BCUT2D eigenvalue weighted by molar-refractivity contribution is 7.12. The number of hydrogen-bond acceptors (Lipinski definition) is 3. The Morgan fingerprint density at radius 3 is 2.52 bits per heavy atom. The second-order valence-corrected chi connectivity index (χ2v) is 6.69. The summed E-state index contributed by atoms with van der Waals surface area (Å²) in [4.78, 5) is 13.1. The van der Waals surface area contributed by atoms with E-state index in [4.69, 9.17) is 9.84 Å². The molecular formula is C19H24O3S. The third-order valence-electron chi connectivity index (χ3n) is 3.34. The molecule has 0 fully saturated rings. The lowest BCUT2D eigenvalue weighted by Gasteiger charge is -1.98. The molecule has 0 aliphatic rings. The van der Waals surface area contributed by atoms with Gasteiger partial charge in [0.2, 0.25) is 0 Å². The number of aryl methyl sites for hydroxylation is 1. The minimum absolute atomic E-state index is 0.651. The number of rotatable bonds is 7. The maximum atomic E-state index is 10.5. The minimum atomic E-state index is -0.928. The lowest BCUT2D eigenvalue weighted by molar-refractivity contribution is -0.131. The smallest absolute Gasteiger partial charge is 0.328 e. The van der Waals surface area contributed by atoms with Gasteiger partial charge < -0.3 is 9.84 Å². The van der Waals surface area contributed by atoms with Crippen LogP contribution in [0.4, 0.5) is 0 Å². The first-order chi connectivity index (χ1) is 10.8. The summed E-state index contributed by atoms with van der Waals surface area (Å²) >= 11 is 1.77. The summed E-state index contributed by atoms with van der Waals surface area (Å²) in [5, 5.41) is 8.65. The summed E-state index contributed by atoms with van der Waals surface area (Å²) < 4.78 is 5.22. The number of carbonyl (C=O) groups is 1. The van der Waals surface area contributed by atoms with Crippen molar-refractivity contribution in [2.75, 3.05) is 7.11 Å². The molecule has 0 spiro atoms. The summed E-state index contributed by atoms with van der Waals surface area (Å²) in [5.74, 6) is -0.928. The molecule has 1 heterocycles. The Labute approximate surface area is 142 Å². The molecule has 1 N–H and O–H groups in total. The Hall–Kier alpha value is -1.91. The van der Waals surface area contributed by atoms with E-state index in [0.717, 1.165) is 5.57 Å². The topological polar surface area (TPSA) is 46.5 Å². The van der Waals surface area contributed by atoms with Crippen molar-refractivity contribution in [2.45, 2.75) is 34.3 Å². The summed E-state index contributed by atoms with van der Waals surface area (Å²) in [6, 6.07) is 0. The van der Waals surface area contributed by atoms with Crippen molar-refractivity contribution < 1.29 is 14.6 Å². The largest absolute Gasteiger partial charge is 0.478 e. The predicted octanol–water partition coefficient (Wildman–Crippen LogP) is 5.06. The number of hydrogen-bond donors (Lipinski definition) is 1. The first-order valence-electron chi connectivity index (χ1n) is 7.37. The standard InChI is InChI=1S/C19H24O3S/c1-13(7-6-8-14(2)11-19(20)21)9-10-17-15(3)18(12-22-5)23-16(17)4/h6-11H,12H2,1-5H3,(H,20,21)/b8-6?,10-9?,13-7?,14-11+. The highest BCUT2D eigenvalue weighted by Gasteiger charge is 2.09. The summed E-state index contributed by atoms with van der Waals surface area (Å²) in [6.07, 6.45) is 11.0. The van der Waals surface area contributed by atoms with Crippen LogP contribution in [0.1, 0.15) is 34.7 Å². The molecule has 23 heavy (non-hydrogen) atoms. The molecule has 0 aliphatic heterocycles. The van der Waals surface area contributed by atoms with Crippen molar-refractivity contribution in [2.24, 2.45) is 0 Å². The third-order valence-corrected chi connectivity index (χ3v) is 4.53. The van der Waals surface area contributed by atoms with E-state index in [0.29, 0.717) is 12.2 Å². The third kappa shape index (κ3) is 6.38. The first-order valence-corrected chi connectivity index (χ1v) is 8.19. The zero-order valence-corrected chi connectivity index (χ0v) is 15.2. The van der Waals surface area contributed by atoms with E-state index in [1.807, 2.05) is 19.1 Å². The van der Waals surface area contributed by atoms with Gasteiger partial charge in [0.25, 0.3) is 0 Å². The molecule has 124 valence electrons. The van der Waals surface area contributed by atoms with Crippen LogP contribution >= 0.6 is 11.3 Å². The van der Waals surface area contributed by atoms with E-state index in [2.05, 4.69) is 26.0 Å². The van der Waals surface area contributed by atoms with Gasteiger partial charge in [-0.3, -0.25) is 0 Å². The Bertz CT molecular complexity index is 673. The Kier molecular flexibility index (Phi) is 7.72. The number of carboxylic acids is 1. The number of ether oxygens (including phenoxy) is 1. The summed E-state index contributed by atoms with van der Waals surface area (Å²) in [7, 11) is 1.71. The molecule has 0 atom stereocenters. The van der Waals surface area contributed by atoms with Crippen LogP contribution in [0.15, 0.2) is 41.5 Å². The van der Waals surface area contributed by atoms with Crippen LogP contribution in [0.2, 0.25) is 0 Å². The van der Waals surface area contributed by atoms with Gasteiger partial charge in [-0.25, -0.2) is 4.79 Å². The zero-order valence-electron chi connectivity index (χ0n) is 14.3. The van der Waals surface area contributed by atoms with Gasteiger partial charge in [0, 0.05) is 22.9 Å². The van der Waals surface area contributed by atoms with Crippen molar-refractivity contribution in [3.63, 3.8) is 0 Å². The van der Waals surface area contributed by atoms with Crippen LogP contribution < -0.4 is 0 Å². The molecule has 0 aromatic carbocycles. The second-order valence-electron chi connectivity index (χ2n) is 5.38. The van der Waals surface area contributed by atoms with E-state index >= 15 is 0 Å². The highest BCUT2D eigenvalue weighted by Crippen LogP contribution is 2.29. The molecule has 3 nitrogen and oxygen atoms in total. The Morgan fingerprint density at radius 1 is 1.22 bits per heavy atom. The van der Waals surface area contributed by atoms with Gasteiger partial charge in [-0.1, -0.05) is 36.0 Å². The van der Waals surface area contributed by atoms with Gasteiger partial charge in [0.1, 0.15) is 0 Å². The fourth-order valence-electron chi connectivity index (χ4n) is 2.11. The van der Waals surface area contributed by atoms with Crippen LogP contribution in [0.3, 0.4) is 0 Å². The average molecular weight is 332 g/mol. The quantitative estimate of drug-likeness (QED) is 0.561. The molecule has 1 rings (SSSR count). The first kappa shape index (κ1) is 19.1. The van der Waals surface area contributed by atoms with Crippen molar-refractivity contribution in [1.29, 1.82) is 0 Å². The Balaban J connectivity index is 2.83. The van der Waals surface area contributed by atoms with Crippen LogP contribution in [0.5, 0.6) is 0 Å². The molecule has 0 amide bonds. The normalized spacial score (nSPS) is 13.4. The lowest BCUT2D eigenvalue weighted by atomic mass is 10.1. The van der Waals surface area contributed by atoms with Gasteiger partial charge >= 0.3 is 5.97 Å². The summed E-state index contributed by atoms with van der Waals surface area (Å²) in [6.45, 7) is 8.67. The monoisotopic (exact) mass is 332 g/mol. The maximum absolute atomic E-state index is 10.5. The van der Waals surface area contributed by atoms with Crippen LogP contribution in [0, 0.1) is 13.8 Å². The molecular weight excluding hydrogens is 308 g/mol. The van der Waals surface area contributed by atoms with E-state index in [-0.39, 0.29) is 0 Å². The van der Waals surface area contributed by atoms with Crippen molar-refractivity contribution in [3.8, 4) is 0 Å². The fourth-order valence-corrected chi connectivity index (χ4v) is 3.25. The van der Waals surface area contributed by atoms with Crippen LogP contribution in [-0.4, -0.2) is 18.2 Å². The average Bonchev–Trinajstić information content (AvgIpc) is 2.71. The molecule has 0 saturated carbocycles. The van der Waals surface area contributed by atoms with Gasteiger partial charge in [0.05, 0.1) is 6.61 Å². The number of allylic oxidation sites excluding steroid dienone is 6. The fraction of sp³-hybridized carbons (Fsp3) is 0.316. The number of thiophene rings is 1. The highest BCUT2D eigenvalue weighted by atomic mass is 32.1. The van der Waals surface area contributed by atoms with Gasteiger partial charge in [-0.2, -0.15) is 0 Å². The molecule has 0 bridgehead atoms. The molecule has 0 aliphatic carbocycles. The van der Waals surface area contributed by atoms with E-state index in [1.54, 1.807) is 31.4 Å². The predicted molar refractivity (Wildman–Crippen MR) is 97.8 cm³/mol. The zero-order chi connectivity index (χ0) is 17.4. The van der Waals surface area contributed by atoms with Crippen molar-refractivity contribution in [1.82, 2.24) is 0 Å². The van der Waals surface area contributed by atoms with Gasteiger partial charge in [-0.15, -0.1) is 11.3 Å². The molecule has 0 unspecified atom stereocenters. The number of methoxy groups -OCH3 is 1. The molecule has 0 radical (unpaired) electrons. The second kappa shape index (κ2) is 9.28. The van der Waals surface area contributed by atoms with E-state index in [9.17, 15) is 4.79 Å². The maximum Gasteiger partial charge on any atom is 0.328 e. The van der Waals surface area contributed by atoms with Crippen LogP contribution in [-0.2, 0) is 16.1 Å². The summed E-state index contributed by atoms with van der Waals surface area (Å²) in [5.41, 5.74) is 4.33. The lowest BCUT2D eigenvalue weighted by Crippen LogP contribution is -1.87. The molecule has 4 heteroatoms. The molecule has 1 aromatic heterocycles. The SMILES string of the molecule is COCc1sc(C)c(C=CC(C)=CC=C/C(C)=C/C(=O)O)c1C. The molecule has 0 saturated heterocycles. The van der Waals surface area contributed by atoms with Crippen molar-refractivity contribution in [3.05, 3.63) is 62.4 Å². The van der Waals surface area contributed by atoms with Gasteiger partial charge in [0.15, 0.2) is 0 Å². The minimum Gasteiger partial charge on any atom is -0.478 e. The Morgan fingerprint density at radius 2 is 1.91 bits per heavy atom. The van der Waals surface area contributed by atoms with Crippen molar-refractivity contribution >= 4 is 23.4 Å². The van der Waals surface area contributed by atoms with Gasteiger partial charge in [-0.05, 0) is 44.4 Å². The van der Waals surface area contributed by atoms with E-state index in [1.165, 1.54) is 27.0 Å². The van der Waals surface area contributed by atoms with Crippen LogP contribution in [0.25, 0.3) is 6.08 Å². The molecule has 1 aromatic rings. The number of carboxylic acid groups (broad SMARTS) is 1. The number of aliphatic carboxylic acids is 1.